The minimum atomic E-state index is 0.0833. The smallest absolute Gasteiger partial charge is 0.244 e. The number of nitrogens with two attached hydrogens (primary N) is 1. The van der Waals surface area contributed by atoms with Gasteiger partial charge in [-0.2, -0.15) is 5.10 Å². The van der Waals surface area contributed by atoms with Crippen LogP contribution in [0.2, 0.25) is 0 Å². The Morgan fingerprint density at radius 3 is 2.75 bits per heavy atom. The zero-order valence-electron chi connectivity index (χ0n) is 10.2. The predicted octanol–water partition coefficient (Wildman–Crippen LogP) is 1.11. The van der Waals surface area contributed by atoms with Crippen LogP contribution in [0.4, 0.5) is 5.69 Å². The molecule has 90 valence electrons. The Kier molecular flexibility index (Phi) is 4.34. The number of hydrogen-bond donors (Lipinski definition) is 1. The highest BCUT2D eigenvalue weighted by Crippen LogP contribution is 2.05. The van der Waals surface area contributed by atoms with E-state index in [1.165, 1.54) is 0 Å². The molecule has 1 unspecified atom stereocenters. The van der Waals surface area contributed by atoms with Crippen molar-refractivity contribution in [3.8, 4) is 0 Å². The van der Waals surface area contributed by atoms with E-state index in [4.69, 9.17) is 5.73 Å². The van der Waals surface area contributed by atoms with Crippen molar-refractivity contribution in [2.45, 2.75) is 39.8 Å². The first kappa shape index (κ1) is 12.5. The molecule has 0 aliphatic rings. The molecule has 1 amide bonds. The molecule has 0 saturated carbocycles. The van der Waals surface area contributed by atoms with Gasteiger partial charge >= 0.3 is 0 Å². The highest BCUT2D eigenvalue weighted by Gasteiger charge is 2.17. The summed E-state index contributed by atoms with van der Waals surface area (Å²) in [6, 6.07) is 0.269. The van der Waals surface area contributed by atoms with Gasteiger partial charge in [-0.3, -0.25) is 9.48 Å². The summed E-state index contributed by atoms with van der Waals surface area (Å²) in [6.07, 6.45) is 4.18. The normalized spacial score (nSPS) is 12.4. The van der Waals surface area contributed by atoms with Gasteiger partial charge in [-0.15, -0.1) is 0 Å². The topological polar surface area (TPSA) is 64.2 Å². The number of likely N-dealkylation sites (N-methyl/N-ethyl adjacent to an activating group) is 1. The summed E-state index contributed by atoms with van der Waals surface area (Å²) < 4.78 is 1.57. The van der Waals surface area contributed by atoms with E-state index in [1.807, 2.05) is 11.8 Å². The van der Waals surface area contributed by atoms with Crippen molar-refractivity contribution >= 4 is 11.6 Å². The van der Waals surface area contributed by atoms with E-state index < -0.39 is 0 Å². The van der Waals surface area contributed by atoms with Crippen molar-refractivity contribution in [2.24, 2.45) is 0 Å². The van der Waals surface area contributed by atoms with Gasteiger partial charge in [-0.25, -0.2) is 0 Å². The van der Waals surface area contributed by atoms with Crippen LogP contribution in [0, 0.1) is 0 Å². The molecule has 1 rings (SSSR count). The van der Waals surface area contributed by atoms with Crippen molar-refractivity contribution in [2.75, 3.05) is 12.3 Å². The molecule has 1 atom stereocenters. The van der Waals surface area contributed by atoms with Gasteiger partial charge in [-0.1, -0.05) is 6.92 Å². The molecule has 0 aliphatic heterocycles. The summed E-state index contributed by atoms with van der Waals surface area (Å²) in [4.78, 5) is 13.8. The zero-order chi connectivity index (χ0) is 12.1. The maximum atomic E-state index is 12.0. The fourth-order valence-electron chi connectivity index (χ4n) is 1.65. The average molecular weight is 224 g/mol. The predicted molar refractivity (Wildman–Crippen MR) is 63.8 cm³/mol. The van der Waals surface area contributed by atoms with Crippen LogP contribution in [0.1, 0.15) is 27.2 Å². The first-order valence-electron chi connectivity index (χ1n) is 5.65. The Bertz CT molecular complexity index is 348. The van der Waals surface area contributed by atoms with E-state index in [9.17, 15) is 4.79 Å². The molecular formula is C11H20N4O. The molecule has 0 fully saturated rings. The number of nitrogens with zero attached hydrogens (tertiary/aromatic N) is 3. The fourth-order valence-corrected chi connectivity index (χ4v) is 1.65. The van der Waals surface area contributed by atoms with E-state index in [0.717, 1.165) is 13.0 Å². The molecule has 5 heteroatoms. The summed E-state index contributed by atoms with van der Waals surface area (Å²) in [5.74, 6) is 0.0833. The molecule has 0 saturated heterocycles. The van der Waals surface area contributed by atoms with Gasteiger partial charge < -0.3 is 10.6 Å². The van der Waals surface area contributed by atoms with E-state index in [-0.39, 0.29) is 18.5 Å². The summed E-state index contributed by atoms with van der Waals surface area (Å²) in [7, 11) is 0. The molecule has 0 radical (unpaired) electrons. The number of carbonyl (C=O) groups excluding carboxylic acids is 1. The lowest BCUT2D eigenvalue weighted by Gasteiger charge is -2.27. The molecule has 0 aromatic carbocycles. The largest absolute Gasteiger partial charge is 0.396 e. The van der Waals surface area contributed by atoms with Crippen LogP contribution in [-0.2, 0) is 11.3 Å². The van der Waals surface area contributed by atoms with Crippen molar-refractivity contribution in [3.05, 3.63) is 12.4 Å². The van der Waals surface area contributed by atoms with Crippen LogP contribution >= 0.6 is 0 Å². The van der Waals surface area contributed by atoms with E-state index in [0.29, 0.717) is 5.69 Å². The van der Waals surface area contributed by atoms with Crippen molar-refractivity contribution < 1.29 is 4.79 Å². The highest BCUT2D eigenvalue weighted by atomic mass is 16.2. The third-order valence-corrected chi connectivity index (χ3v) is 2.73. The van der Waals surface area contributed by atoms with Crippen LogP contribution < -0.4 is 5.73 Å². The lowest BCUT2D eigenvalue weighted by molar-refractivity contribution is -0.133. The van der Waals surface area contributed by atoms with Crippen molar-refractivity contribution in [3.63, 3.8) is 0 Å². The number of rotatable bonds is 5. The molecule has 1 aromatic heterocycles. The van der Waals surface area contributed by atoms with Crippen molar-refractivity contribution in [1.29, 1.82) is 0 Å². The van der Waals surface area contributed by atoms with Crippen LogP contribution in [-0.4, -0.2) is 33.2 Å². The molecule has 16 heavy (non-hydrogen) atoms. The second-order valence-corrected chi connectivity index (χ2v) is 3.91. The minimum absolute atomic E-state index is 0.0833. The molecule has 5 nitrogen and oxygen atoms in total. The SMILES string of the molecule is CCC(C)N(CC)C(=O)Cn1cc(N)cn1. The average Bonchev–Trinajstić information content (AvgIpc) is 2.64. The van der Waals surface area contributed by atoms with Gasteiger partial charge in [-0.05, 0) is 20.3 Å². The van der Waals surface area contributed by atoms with Gasteiger partial charge in [0, 0.05) is 18.8 Å². The minimum Gasteiger partial charge on any atom is -0.396 e. The zero-order valence-corrected chi connectivity index (χ0v) is 10.2. The molecule has 0 spiro atoms. The summed E-state index contributed by atoms with van der Waals surface area (Å²) in [6.45, 7) is 7.10. The standard InChI is InChI=1S/C11H20N4O/c1-4-9(3)15(5-2)11(16)8-14-7-10(12)6-13-14/h6-7,9H,4-5,8,12H2,1-3H3. The fraction of sp³-hybridized carbons (Fsp3) is 0.636. The first-order chi connectivity index (χ1) is 7.58. The second kappa shape index (κ2) is 5.53. The Morgan fingerprint density at radius 1 is 1.62 bits per heavy atom. The van der Waals surface area contributed by atoms with Gasteiger partial charge in [0.05, 0.1) is 11.9 Å². The Morgan fingerprint density at radius 2 is 2.31 bits per heavy atom. The Hall–Kier alpha value is -1.52. The van der Waals surface area contributed by atoms with Crippen LogP contribution in [0.15, 0.2) is 12.4 Å². The quantitative estimate of drug-likeness (QED) is 0.815. The number of aromatic nitrogens is 2. The lowest BCUT2D eigenvalue weighted by Crippen LogP contribution is -2.40. The highest BCUT2D eigenvalue weighted by molar-refractivity contribution is 5.76. The van der Waals surface area contributed by atoms with Gasteiger partial charge in [0.25, 0.3) is 0 Å². The molecule has 1 aromatic rings. The van der Waals surface area contributed by atoms with Gasteiger partial charge in [0.2, 0.25) is 5.91 Å². The maximum Gasteiger partial charge on any atom is 0.244 e. The number of anilines is 1. The Labute approximate surface area is 96.2 Å². The van der Waals surface area contributed by atoms with Gasteiger partial charge in [0.1, 0.15) is 6.54 Å². The molecule has 2 N–H and O–H groups in total. The Balaban J connectivity index is 2.62. The molecule has 0 aliphatic carbocycles. The third kappa shape index (κ3) is 2.98. The monoisotopic (exact) mass is 224 g/mol. The third-order valence-electron chi connectivity index (χ3n) is 2.73. The second-order valence-electron chi connectivity index (χ2n) is 3.91. The van der Waals surface area contributed by atoms with E-state index >= 15 is 0 Å². The summed E-state index contributed by atoms with van der Waals surface area (Å²) in [5.41, 5.74) is 6.12. The maximum absolute atomic E-state index is 12.0. The molecular weight excluding hydrogens is 204 g/mol. The van der Waals surface area contributed by atoms with Crippen LogP contribution in [0.3, 0.4) is 0 Å². The van der Waals surface area contributed by atoms with E-state index in [2.05, 4.69) is 18.9 Å². The van der Waals surface area contributed by atoms with E-state index in [1.54, 1.807) is 17.1 Å². The number of nitrogen functional groups attached to an aromatic ring is 1. The molecule has 1 heterocycles. The van der Waals surface area contributed by atoms with Crippen LogP contribution in [0.5, 0.6) is 0 Å². The van der Waals surface area contributed by atoms with Gasteiger partial charge in [0.15, 0.2) is 0 Å². The number of hydrogen-bond acceptors (Lipinski definition) is 3. The number of carbonyl (C=O) groups is 1. The van der Waals surface area contributed by atoms with Crippen LogP contribution in [0.25, 0.3) is 0 Å². The number of amides is 1. The summed E-state index contributed by atoms with van der Waals surface area (Å²) >= 11 is 0. The lowest BCUT2D eigenvalue weighted by atomic mass is 10.2. The summed E-state index contributed by atoms with van der Waals surface area (Å²) in [5, 5.41) is 4.00. The van der Waals surface area contributed by atoms with Crippen molar-refractivity contribution in [1.82, 2.24) is 14.7 Å². The molecule has 0 bridgehead atoms. The first-order valence-corrected chi connectivity index (χ1v) is 5.65.